The molecule has 1 aromatic carbocycles. The maximum atomic E-state index is 11.8. The molecular formula is C13H13N3O2. The molecule has 0 bridgehead atoms. The third-order valence-electron chi connectivity index (χ3n) is 2.84. The lowest BCUT2D eigenvalue weighted by molar-refractivity contribution is -0.117. The van der Waals surface area contributed by atoms with Crippen molar-refractivity contribution in [3.8, 4) is 6.07 Å². The number of Topliss-reactive ketones (excluding diaryl/α,β-unsaturated/α-hetero) is 1. The Hall–Kier alpha value is -2.35. The van der Waals surface area contributed by atoms with Crippen LogP contribution in [0, 0.1) is 11.3 Å². The number of hydrogen-bond acceptors (Lipinski definition) is 4. The number of rotatable bonds is 3. The van der Waals surface area contributed by atoms with E-state index in [1.54, 1.807) is 23.1 Å². The van der Waals surface area contributed by atoms with Gasteiger partial charge >= 0.3 is 0 Å². The van der Waals surface area contributed by atoms with Crippen LogP contribution in [-0.4, -0.2) is 24.8 Å². The summed E-state index contributed by atoms with van der Waals surface area (Å²) in [6.07, 6.45) is 0.338. The van der Waals surface area contributed by atoms with E-state index in [9.17, 15) is 9.59 Å². The fraction of sp³-hybridized carbons (Fsp3) is 0.308. The van der Waals surface area contributed by atoms with Gasteiger partial charge in [0.05, 0.1) is 29.6 Å². The average molecular weight is 243 g/mol. The summed E-state index contributed by atoms with van der Waals surface area (Å²) in [4.78, 5) is 24.4. The fourth-order valence-electron chi connectivity index (χ4n) is 1.90. The summed E-state index contributed by atoms with van der Waals surface area (Å²) < 4.78 is 0. The van der Waals surface area contributed by atoms with E-state index >= 15 is 0 Å². The molecule has 0 atom stereocenters. The molecule has 1 aliphatic heterocycles. The molecule has 5 heteroatoms. The van der Waals surface area contributed by atoms with Gasteiger partial charge in [-0.05, 0) is 25.1 Å². The van der Waals surface area contributed by atoms with Crippen LogP contribution in [0.1, 0.15) is 18.9 Å². The van der Waals surface area contributed by atoms with E-state index in [4.69, 9.17) is 5.26 Å². The summed E-state index contributed by atoms with van der Waals surface area (Å²) in [5.74, 6) is -0.00927. The highest BCUT2D eigenvalue weighted by atomic mass is 16.2. The normalized spacial score (nSPS) is 13.6. The lowest BCUT2D eigenvalue weighted by atomic mass is 10.1. The number of nitrogens with zero attached hydrogens (tertiary/aromatic N) is 2. The van der Waals surface area contributed by atoms with Crippen LogP contribution in [0.3, 0.4) is 0 Å². The number of amides is 1. The van der Waals surface area contributed by atoms with Crippen molar-refractivity contribution in [3.05, 3.63) is 23.8 Å². The van der Waals surface area contributed by atoms with Gasteiger partial charge in [0.2, 0.25) is 5.91 Å². The molecule has 1 aromatic rings. The van der Waals surface area contributed by atoms with Gasteiger partial charge in [0, 0.05) is 13.0 Å². The minimum absolute atomic E-state index is 0.0523. The number of nitriles is 1. The van der Waals surface area contributed by atoms with Gasteiger partial charge < -0.3 is 10.2 Å². The van der Waals surface area contributed by atoms with E-state index in [1.807, 2.05) is 0 Å². The highest BCUT2D eigenvalue weighted by Crippen LogP contribution is 2.30. The molecule has 5 nitrogen and oxygen atoms in total. The van der Waals surface area contributed by atoms with Gasteiger partial charge in [-0.3, -0.25) is 9.59 Å². The summed E-state index contributed by atoms with van der Waals surface area (Å²) in [6.45, 7) is 2.08. The molecule has 0 unspecified atom stereocenters. The minimum Gasteiger partial charge on any atom is -0.374 e. The smallest absolute Gasteiger partial charge is 0.246 e. The van der Waals surface area contributed by atoms with Crippen LogP contribution in [0.2, 0.25) is 0 Å². The topological polar surface area (TPSA) is 73.2 Å². The van der Waals surface area contributed by atoms with Crippen molar-refractivity contribution in [1.82, 2.24) is 0 Å². The molecule has 0 saturated carbocycles. The molecule has 0 fully saturated rings. The Balaban J connectivity index is 2.30. The number of ketones is 1. The standard InChI is InChI=1S/C13H13N3O2/c1-9(17)4-5-16-12-3-2-10(7-14)6-11(12)15-8-13(16)18/h2-3,6,15H,4-5,8H2,1H3. The first-order valence-electron chi connectivity index (χ1n) is 5.69. The van der Waals surface area contributed by atoms with E-state index in [0.29, 0.717) is 18.5 Å². The summed E-state index contributed by atoms with van der Waals surface area (Å²) in [7, 11) is 0. The van der Waals surface area contributed by atoms with Gasteiger partial charge in [0.25, 0.3) is 0 Å². The zero-order valence-corrected chi connectivity index (χ0v) is 10.1. The molecule has 92 valence electrons. The van der Waals surface area contributed by atoms with Crippen LogP contribution in [0.25, 0.3) is 0 Å². The van der Waals surface area contributed by atoms with Crippen molar-refractivity contribution < 1.29 is 9.59 Å². The Morgan fingerprint density at radius 3 is 3.00 bits per heavy atom. The van der Waals surface area contributed by atoms with Gasteiger partial charge in [0.1, 0.15) is 5.78 Å². The van der Waals surface area contributed by atoms with Crippen LogP contribution in [0.4, 0.5) is 11.4 Å². The predicted octanol–water partition coefficient (Wildman–Crippen LogP) is 1.30. The quantitative estimate of drug-likeness (QED) is 0.868. The lowest BCUT2D eigenvalue weighted by Crippen LogP contribution is -2.40. The van der Waals surface area contributed by atoms with Crippen molar-refractivity contribution >= 4 is 23.1 Å². The van der Waals surface area contributed by atoms with Crippen LogP contribution in [0.15, 0.2) is 18.2 Å². The monoisotopic (exact) mass is 243 g/mol. The third-order valence-corrected chi connectivity index (χ3v) is 2.84. The first-order chi connectivity index (χ1) is 8.61. The number of carbonyl (C=O) groups is 2. The van der Waals surface area contributed by atoms with Crippen molar-refractivity contribution in [1.29, 1.82) is 5.26 Å². The van der Waals surface area contributed by atoms with Crippen molar-refractivity contribution in [2.75, 3.05) is 23.3 Å². The van der Waals surface area contributed by atoms with Gasteiger partial charge in [-0.25, -0.2) is 0 Å². The summed E-state index contributed by atoms with van der Waals surface area (Å²) >= 11 is 0. The zero-order valence-electron chi connectivity index (χ0n) is 10.1. The SMILES string of the molecule is CC(=O)CCN1C(=O)CNc2cc(C#N)ccc21. The van der Waals surface area contributed by atoms with E-state index in [0.717, 1.165) is 11.4 Å². The Labute approximate surface area is 105 Å². The van der Waals surface area contributed by atoms with Gasteiger partial charge in [0.15, 0.2) is 0 Å². The number of nitrogens with one attached hydrogen (secondary N) is 1. The molecule has 1 aliphatic rings. The van der Waals surface area contributed by atoms with Crippen molar-refractivity contribution in [2.45, 2.75) is 13.3 Å². The second-order valence-electron chi connectivity index (χ2n) is 4.19. The number of fused-ring (bicyclic) bond motifs is 1. The first kappa shape index (κ1) is 12.1. The molecule has 0 radical (unpaired) electrons. The number of hydrogen-bond donors (Lipinski definition) is 1. The third kappa shape index (κ3) is 2.33. The largest absolute Gasteiger partial charge is 0.374 e. The van der Waals surface area contributed by atoms with Crippen molar-refractivity contribution in [2.24, 2.45) is 0 Å². The molecular weight excluding hydrogens is 230 g/mol. The highest BCUT2D eigenvalue weighted by Gasteiger charge is 2.23. The average Bonchev–Trinajstić information content (AvgIpc) is 2.36. The van der Waals surface area contributed by atoms with E-state index in [2.05, 4.69) is 11.4 Å². The van der Waals surface area contributed by atoms with Gasteiger partial charge in [-0.2, -0.15) is 5.26 Å². The number of anilines is 2. The maximum Gasteiger partial charge on any atom is 0.246 e. The Morgan fingerprint density at radius 2 is 2.33 bits per heavy atom. The Bertz CT molecular complexity index is 546. The first-order valence-corrected chi connectivity index (χ1v) is 5.69. The number of benzene rings is 1. The van der Waals surface area contributed by atoms with Crippen molar-refractivity contribution in [3.63, 3.8) is 0 Å². The van der Waals surface area contributed by atoms with Crippen LogP contribution >= 0.6 is 0 Å². The van der Waals surface area contributed by atoms with Crippen LogP contribution in [-0.2, 0) is 9.59 Å². The van der Waals surface area contributed by atoms with Gasteiger partial charge in [-0.1, -0.05) is 0 Å². The molecule has 0 saturated heterocycles. The molecule has 0 aromatic heterocycles. The molecule has 0 spiro atoms. The molecule has 1 amide bonds. The molecule has 0 aliphatic carbocycles. The summed E-state index contributed by atoms with van der Waals surface area (Å²) in [5, 5.41) is 11.8. The minimum atomic E-state index is -0.0616. The Morgan fingerprint density at radius 1 is 1.56 bits per heavy atom. The summed E-state index contributed by atoms with van der Waals surface area (Å²) in [5.41, 5.74) is 2.03. The van der Waals surface area contributed by atoms with Crippen LogP contribution < -0.4 is 10.2 Å². The number of carbonyl (C=O) groups excluding carboxylic acids is 2. The van der Waals surface area contributed by atoms with E-state index in [-0.39, 0.29) is 18.2 Å². The van der Waals surface area contributed by atoms with Gasteiger partial charge in [-0.15, -0.1) is 0 Å². The lowest BCUT2D eigenvalue weighted by Gasteiger charge is -2.30. The van der Waals surface area contributed by atoms with Crippen LogP contribution in [0.5, 0.6) is 0 Å². The molecule has 1 N–H and O–H groups in total. The molecule has 18 heavy (non-hydrogen) atoms. The molecule has 1 heterocycles. The highest BCUT2D eigenvalue weighted by molar-refractivity contribution is 6.03. The maximum absolute atomic E-state index is 11.8. The molecule has 2 rings (SSSR count). The Kier molecular flexibility index (Phi) is 3.28. The predicted molar refractivity (Wildman–Crippen MR) is 67.3 cm³/mol. The second kappa shape index (κ2) is 4.88. The van der Waals surface area contributed by atoms with E-state index in [1.165, 1.54) is 6.92 Å². The van der Waals surface area contributed by atoms with E-state index < -0.39 is 0 Å². The fourth-order valence-corrected chi connectivity index (χ4v) is 1.90. The second-order valence-corrected chi connectivity index (χ2v) is 4.19. The zero-order chi connectivity index (χ0) is 13.1. The summed E-state index contributed by atoms with van der Waals surface area (Å²) in [6, 6.07) is 7.17.